The van der Waals surface area contributed by atoms with Gasteiger partial charge in [-0.2, -0.15) is 0 Å². The van der Waals surface area contributed by atoms with Gasteiger partial charge in [0.2, 0.25) is 0 Å². The quantitative estimate of drug-likeness (QED) is 0.166. The highest BCUT2D eigenvalue weighted by Gasteiger charge is 2.50. The van der Waals surface area contributed by atoms with Crippen molar-refractivity contribution in [1.29, 1.82) is 0 Å². The van der Waals surface area contributed by atoms with Gasteiger partial charge in [-0.3, -0.25) is 5.32 Å². The molecule has 37 heavy (non-hydrogen) atoms. The first-order valence-electron chi connectivity index (χ1n) is 15.7. The van der Waals surface area contributed by atoms with Crippen molar-refractivity contribution in [3.05, 3.63) is 0 Å². The Labute approximate surface area is 233 Å². The number of hydrogen-bond donors (Lipinski definition) is 4. The molecule has 4 N–H and O–H groups in total. The molecule has 0 heterocycles. The smallest absolute Gasteiger partial charge is 0.107 e. The zero-order valence-electron chi connectivity index (χ0n) is 24.9. The third-order valence-electron chi connectivity index (χ3n) is 11.5. The summed E-state index contributed by atoms with van der Waals surface area (Å²) < 4.78 is 0. The molecule has 0 aromatic rings. The summed E-state index contributed by atoms with van der Waals surface area (Å²) in [6, 6.07) is 0.285. The predicted molar refractivity (Wildman–Crippen MR) is 156 cm³/mol. The van der Waals surface area contributed by atoms with Crippen LogP contribution in [0.3, 0.4) is 0 Å². The lowest BCUT2D eigenvalue weighted by Crippen LogP contribution is -2.50. The third kappa shape index (κ3) is 7.87. The van der Waals surface area contributed by atoms with Gasteiger partial charge in [0, 0.05) is 18.0 Å². The van der Waals surface area contributed by atoms with Gasteiger partial charge in [-0.25, -0.2) is 0 Å². The normalized spacial score (nSPS) is 38.2. The first-order chi connectivity index (χ1) is 17.4. The van der Waals surface area contributed by atoms with Crippen LogP contribution in [-0.4, -0.2) is 45.7 Å². The van der Waals surface area contributed by atoms with Gasteiger partial charge in [0.05, 0.1) is 6.10 Å². The van der Waals surface area contributed by atoms with Crippen molar-refractivity contribution >= 4 is 11.6 Å². The predicted octanol–water partition coefficient (Wildman–Crippen LogP) is 7.13. The van der Waals surface area contributed by atoms with Crippen molar-refractivity contribution in [3.8, 4) is 0 Å². The average Bonchev–Trinajstić information content (AvgIpc) is 2.84. The largest absolute Gasteiger partial charge is 0.396 e. The van der Waals surface area contributed by atoms with Gasteiger partial charge in [-0.05, 0) is 123 Å². The van der Waals surface area contributed by atoms with Crippen molar-refractivity contribution in [2.75, 3.05) is 6.61 Å². The number of aliphatic hydroxyl groups is 3. The fraction of sp³-hybridized carbons (Fsp3) is 1.00. The molecule has 0 radical (unpaired) electrons. The zero-order valence-corrected chi connectivity index (χ0v) is 25.6. The van der Waals surface area contributed by atoms with E-state index in [9.17, 15) is 15.3 Å². The summed E-state index contributed by atoms with van der Waals surface area (Å²) in [7, 11) is 0. The maximum absolute atomic E-state index is 11.2. The van der Waals surface area contributed by atoms with E-state index in [1.807, 2.05) is 0 Å². The fourth-order valence-corrected chi connectivity index (χ4v) is 9.09. The minimum atomic E-state index is -0.526. The average molecular weight is 542 g/mol. The second-order valence-corrected chi connectivity index (χ2v) is 15.3. The monoisotopic (exact) mass is 541 g/mol. The third-order valence-corrected chi connectivity index (χ3v) is 12.0. The molecule has 218 valence electrons. The molecule has 4 nitrogen and oxygen atoms in total. The molecule has 0 aliphatic heterocycles. The van der Waals surface area contributed by atoms with Crippen LogP contribution in [-0.2, 0) is 0 Å². The van der Waals surface area contributed by atoms with Gasteiger partial charge < -0.3 is 15.3 Å². The van der Waals surface area contributed by atoms with Gasteiger partial charge in [0.15, 0.2) is 0 Å². The van der Waals surface area contributed by atoms with E-state index in [0.717, 1.165) is 37.5 Å². The van der Waals surface area contributed by atoms with E-state index < -0.39 is 12.3 Å². The van der Waals surface area contributed by atoms with E-state index in [-0.39, 0.29) is 24.5 Å². The van der Waals surface area contributed by atoms with Crippen LogP contribution in [0.15, 0.2) is 0 Å². The lowest BCUT2D eigenvalue weighted by molar-refractivity contribution is -0.0613. The Morgan fingerprint density at radius 2 is 1.57 bits per heavy atom. The number of hydrogen-bond acceptors (Lipinski definition) is 4. The second-order valence-electron chi connectivity index (χ2n) is 14.7. The van der Waals surface area contributed by atoms with E-state index in [4.69, 9.17) is 11.6 Å². The number of rotatable bonds is 11. The molecule has 0 aromatic carbocycles. The summed E-state index contributed by atoms with van der Waals surface area (Å²) in [5.74, 6) is 2.89. The van der Waals surface area contributed by atoms with Crippen molar-refractivity contribution in [2.45, 2.75) is 149 Å². The Bertz CT molecular complexity index is 679. The summed E-state index contributed by atoms with van der Waals surface area (Å²) >= 11 is 6.45. The van der Waals surface area contributed by atoms with Crippen LogP contribution in [0.25, 0.3) is 0 Å². The molecule has 0 spiro atoms. The summed E-state index contributed by atoms with van der Waals surface area (Å²) in [5.41, 5.74) is 0.750. The highest BCUT2D eigenvalue weighted by molar-refractivity contribution is 6.20. The summed E-state index contributed by atoms with van der Waals surface area (Å²) in [6.07, 6.45) is 13.5. The molecule has 7 unspecified atom stereocenters. The lowest BCUT2D eigenvalue weighted by Gasteiger charge is -2.56. The van der Waals surface area contributed by atoms with Gasteiger partial charge in [-0.15, -0.1) is 11.6 Å². The fourth-order valence-electron chi connectivity index (χ4n) is 8.84. The number of alkyl halides is 1. The molecule has 3 aliphatic rings. The molecule has 0 amide bonds. The minimum absolute atomic E-state index is 0.0295. The van der Waals surface area contributed by atoms with Crippen molar-refractivity contribution in [3.63, 3.8) is 0 Å². The molecule has 3 aliphatic carbocycles. The Balaban J connectivity index is 1.56. The molecule has 3 rings (SSSR count). The van der Waals surface area contributed by atoms with Crippen LogP contribution in [0, 0.1) is 46.3 Å². The second kappa shape index (κ2) is 13.7. The zero-order chi connectivity index (χ0) is 27.4. The van der Waals surface area contributed by atoms with Crippen molar-refractivity contribution in [1.82, 2.24) is 5.32 Å². The minimum Gasteiger partial charge on any atom is -0.396 e. The van der Waals surface area contributed by atoms with E-state index >= 15 is 0 Å². The van der Waals surface area contributed by atoms with Gasteiger partial charge in [-0.1, -0.05) is 48.0 Å². The highest BCUT2D eigenvalue weighted by atomic mass is 35.5. The molecule has 0 bridgehead atoms. The molecule has 0 saturated heterocycles. The van der Waals surface area contributed by atoms with E-state index in [2.05, 4.69) is 46.9 Å². The van der Waals surface area contributed by atoms with Gasteiger partial charge in [0.25, 0.3) is 0 Å². The van der Waals surface area contributed by atoms with Crippen LogP contribution in [0.5, 0.6) is 0 Å². The van der Waals surface area contributed by atoms with Crippen LogP contribution >= 0.6 is 11.6 Å². The first kappa shape index (κ1) is 31.7. The van der Waals surface area contributed by atoms with Crippen LogP contribution < -0.4 is 5.32 Å². The maximum atomic E-state index is 11.2. The number of halogens is 1. The molecule has 8 atom stereocenters. The van der Waals surface area contributed by atoms with Crippen molar-refractivity contribution < 1.29 is 15.3 Å². The van der Waals surface area contributed by atoms with Crippen LogP contribution in [0.1, 0.15) is 125 Å². The van der Waals surface area contributed by atoms with Crippen LogP contribution in [0.2, 0.25) is 0 Å². The molecule has 5 heteroatoms. The Morgan fingerprint density at radius 3 is 2.16 bits per heavy atom. The molecule has 0 aromatic heterocycles. The van der Waals surface area contributed by atoms with Crippen LogP contribution in [0.4, 0.5) is 0 Å². The summed E-state index contributed by atoms with van der Waals surface area (Å²) in [6.45, 7) is 14.6. The van der Waals surface area contributed by atoms with E-state index in [1.165, 1.54) is 51.4 Å². The van der Waals surface area contributed by atoms with Gasteiger partial charge in [0.1, 0.15) is 6.23 Å². The SMILES string of the molecule is CC(C)[C@@H](NC(O)C1CCCC(C(O)CCO)C1)C(C)CC1CCC(C)(C2CCC(Cl)CC2)C(C)(C)C1. The van der Waals surface area contributed by atoms with E-state index in [1.54, 1.807) is 0 Å². The molecular formula is C32H60ClNO3. The maximum Gasteiger partial charge on any atom is 0.107 e. The molecule has 3 fully saturated rings. The number of aliphatic hydroxyl groups excluding tert-OH is 3. The number of nitrogens with one attached hydrogen (secondary N) is 1. The highest BCUT2D eigenvalue weighted by Crippen LogP contribution is 2.59. The Hall–Kier alpha value is 0.130. The van der Waals surface area contributed by atoms with Gasteiger partial charge >= 0.3 is 0 Å². The lowest BCUT2D eigenvalue weighted by atomic mass is 9.49. The summed E-state index contributed by atoms with van der Waals surface area (Å²) in [4.78, 5) is 0. The Kier molecular flexibility index (Phi) is 11.7. The first-order valence-corrected chi connectivity index (χ1v) is 16.2. The van der Waals surface area contributed by atoms with Crippen molar-refractivity contribution in [2.24, 2.45) is 46.3 Å². The van der Waals surface area contributed by atoms with E-state index in [0.29, 0.717) is 34.5 Å². The molecular weight excluding hydrogens is 482 g/mol. The Morgan fingerprint density at radius 1 is 0.919 bits per heavy atom. The summed E-state index contributed by atoms with van der Waals surface area (Å²) in [5, 5.41) is 35.0. The molecule has 3 saturated carbocycles. The topological polar surface area (TPSA) is 72.7 Å². The standard InChI is InChI=1S/C32H60ClNO3/c1-21(2)29(34-30(37)25-9-7-8-24(19-25)28(36)15-17-35)22(3)18-23-14-16-32(6,31(4,5)20-23)26-10-12-27(33)13-11-26/h21-30,34-37H,7-20H2,1-6H3/t22?,23?,24?,25?,26?,27?,28?,29-,30?,32?/m1/s1.